The minimum Gasteiger partial charge on any atom is -0.356 e. The van der Waals surface area contributed by atoms with Gasteiger partial charge in [-0.25, -0.2) is 4.98 Å². The molecule has 0 spiro atoms. The van der Waals surface area contributed by atoms with Crippen molar-refractivity contribution in [1.29, 1.82) is 0 Å². The molecule has 1 N–H and O–H groups in total. The Labute approximate surface area is 164 Å². The van der Waals surface area contributed by atoms with Gasteiger partial charge in [0.05, 0.1) is 10.9 Å². The number of carbonyl (C=O) groups is 2. The molecule has 5 nitrogen and oxygen atoms in total. The van der Waals surface area contributed by atoms with Gasteiger partial charge >= 0.3 is 0 Å². The molecule has 0 bridgehead atoms. The molecule has 144 valence electrons. The molecule has 1 aromatic heterocycles. The third-order valence-corrected chi connectivity index (χ3v) is 5.75. The number of unbranched alkanes of at least 4 members (excludes halogenated alkanes) is 1. The highest BCUT2D eigenvalue weighted by Gasteiger charge is 2.34. The Balaban J connectivity index is 1.46. The molecule has 2 amide bonds. The van der Waals surface area contributed by atoms with Crippen LogP contribution in [0.4, 0.5) is 5.69 Å². The summed E-state index contributed by atoms with van der Waals surface area (Å²) in [4.78, 5) is 30.7. The maximum atomic E-state index is 12.4. The molecular formula is C21H27N3O2S. The third-order valence-electron chi connectivity index (χ3n) is 4.91. The van der Waals surface area contributed by atoms with Gasteiger partial charge in [0.15, 0.2) is 0 Å². The third kappa shape index (κ3) is 5.39. The molecule has 6 heteroatoms. The first kappa shape index (κ1) is 19.5. The van der Waals surface area contributed by atoms with Gasteiger partial charge in [-0.15, -0.1) is 11.3 Å². The van der Waals surface area contributed by atoms with Gasteiger partial charge in [0, 0.05) is 43.2 Å². The fourth-order valence-corrected chi connectivity index (χ4v) is 3.99. The van der Waals surface area contributed by atoms with Crippen molar-refractivity contribution >= 4 is 28.8 Å². The average Bonchev–Trinajstić information content (AvgIpc) is 3.33. The number of amides is 2. The van der Waals surface area contributed by atoms with Crippen LogP contribution in [0.1, 0.15) is 43.2 Å². The van der Waals surface area contributed by atoms with Crippen LogP contribution in [0.3, 0.4) is 0 Å². The quantitative estimate of drug-likeness (QED) is 0.671. The van der Waals surface area contributed by atoms with Gasteiger partial charge in [0.2, 0.25) is 11.8 Å². The normalized spacial score (nSPS) is 16.7. The number of anilines is 1. The van der Waals surface area contributed by atoms with Crippen LogP contribution in [0.5, 0.6) is 0 Å². The van der Waals surface area contributed by atoms with Gasteiger partial charge in [-0.05, 0) is 37.0 Å². The molecule has 2 heterocycles. The van der Waals surface area contributed by atoms with E-state index in [0.717, 1.165) is 30.0 Å². The largest absolute Gasteiger partial charge is 0.356 e. The second-order valence-electron chi connectivity index (χ2n) is 7.00. The van der Waals surface area contributed by atoms with Gasteiger partial charge in [-0.2, -0.15) is 0 Å². The zero-order valence-electron chi connectivity index (χ0n) is 15.8. The lowest BCUT2D eigenvalue weighted by Gasteiger charge is -2.17. The number of aryl methyl sites for hydroxylation is 2. The van der Waals surface area contributed by atoms with E-state index in [0.29, 0.717) is 13.1 Å². The topological polar surface area (TPSA) is 62.3 Å². The molecule has 1 atom stereocenters. The zero-order chi connectivity index (χ0) is 19.1. The Morgan fingerprint density at radius 2 is 2.07 bits per heavy atom. The molecule has 1 aliphatic heterocycles. The summed E-state index contributed by atoms with van der Waals surface area (Å²) in [5, 5.41) is 6.02. The summed E-state index contributed by atoms with van der Waals surface area (Å²) in [6.45, 7) is 3.27. The number of hydrogen-bond acceptors (Lipinski definition) is 4. The van der Waals surface area contributed by atoms with Crippen molar-refractivity contribution in [2.24, 2.45) is 5.92 Å². The van der Waals surface area contributed by atoms with Crippen LogP contribution in [-0.2, 0) is 22.4 Å². The predicted octanol–water partition coefficient (Wildman–Crippen LogP) is 3.59. The number of benzene rings is 1. The van der Waals surface area contributed by atoms with Crippen LogP contribution in [0.25, 0.3) is 0 Å². The number of thiazole rings is 1. The van der Waals surface area contributed by atoms with E-state index in [9.17, 15) is 9.59 Å². The van der Waals surface area contributed by atoms with Crippen LogP contribution < -0.4 is 10.2 Å². The van der Waals surface area contributed by atoms with E-state index in [2.05, 4.69) is 29.4 Å². The summed E-state index contributed by atoms with van der Waals surface area (Å²) >= 11 is 1.64. The van der Waals surface area contributed by atoms with E-state index in [-0.39, 0.29) is 24.2 Å². The maximum Gasteiger partial charge on any atom is 0.227 e. The van der Waals surface area contributed by atoms with Crippen molar-refractivity contribution in [2.75, 3.05) is 18.0 Å². The van der Waals surface area contributed by atoms with E-state index in [4.69, 9.17) is 0 Å². The number of aromatic nitrogens is 1. The highest BCUT2D eigenvalue weighted by atomic mass is 32.1. The first-order valence-corrected chi connectivity index (χ1v) is 10.6. The molecule has 1 aromatic carbocycles. The lowest BCUT2D eigenvalue weighted by atomic mass is 10.1. The second kappa shape index (κ2) is 9.65. The van der Waals surface area contributed by atoms with Crippen molar-refractivity contribution in [3.05, 3.63) is 46.4 Å². The second-order valence-corrected chi connectivity index (χ2v) is 7.97. The minimum absolute atomic E-state index is 0.0236. The fourth-order valence-electron chi connectivity index (χ4n) is 3.33. The Morgan fingerprint density at radius 1 is 1.26 bits per heavy atom. The monoisotopic (exact) mass is 385 g/mol. The first-order chi connectivity index (χ1) is 13.2. The van der Waals surface area contributed by atoms with E-state index in [1.54, 1.807) is 22.4 Å². The minimum atomic E-state index is -0.267. The molecule has 0 unspecified atom stereocenters. The van der Waals surface area contributed by atoms with Gasteiger partial charge in [0.1, 0.15) is 0 Å². The summed E-state index contributed by atoms with van der Waals surface area (Å²) in [5.74, 6) is -0.263. The fraction of sp³-hybridized carbons (Fsp3) is 0.476. The lowest BCUT2D eigenvalue weighted by Crippen LogP contribution is -2.33. The zero-order valence-corrected chi connectivity index (χ0v) is 16.6. The van der Waals surface area contributed by atoms with Crippen LogP contribution >= 0.6 is 11.3 Å². The maximum absolute atomic E-state index is 12.4. The number of rotatable bonds is 9. The number of carbonyl (C=O) groups excluding carboxylic acids is 2. The van der Waals surface area contributed by atoms with Crippen molar-refractivity contribution in [3.8, 4) is 0 Å². The average molecular weight is 386 g/mol. The van der Waals surface area contributed by atoms with Gasteiger partial charge in [-0.3, -0.25) is 9.59 Å². The molecule has 0 saturated carbocycles. The van der Waals surface area contributed by atoms with Crippen LogP contribution in [0, 0.1) is 5.92 Å². The van der Waals surface area contributed by atoms with Gasteiger partial charge in [0.25, 0.3) is 0 Å². The van der Waals surface area contributed by atoms with Crippen molar-refractivity contribution in [2.45, 2.75) is 45.4 Å². The van der Waals surface area contributed by atoms with E-state index >= 15 is 0 Å². The molecule has 3 rings (SSSR count). The van der Waals surface area contributed by atoms with Crippen molar-refractivity contribution in [3.63, 3.8) is 0 Å². The van der Waals surface area contributed by atoms with Crippen LogP contribution in [0.15, 0.2) is 35.8 Å². The summed E-state index contributed by atoms with van der Waals surface area (Å²) < 4.78 is 0. The van der Waals surface area contributed by atoms with E-state index in [1.807, 2.05) is 17.5 Å². The summed E-state index contributed by atoms with van der Waals surface area (Å²) in [7, 11) is 0. The molecule has 0 radical (unpaired) electrons. The molecule has 1 aliphatic rings. The molecule has 2 aromatic rings. The summed E-state index contributed by atoms with van der Waals surface area (Å²) in [6, 6.07) is 8.17. The van der Waals surface area contributed by atoms with Crippen LogP contribution in [-0.4, -0.2) is 29.9 Å². The summed E-state index contributed by atoms with van der Waals surface area (Å²) in [5.41, 5.74) is 2.18. The molecule has 1 saturated heterocycles. The highest BCUT2D eigenvalue weighted by Crippen LogP contribution is 2.26. The highest BCUT2D eigenvalue weighted by molar-refractivity contribution is 7.09. The molecule has 1 fully saturated rings. The van der Waals surface area contributed by atoms with E-state index < -0.39 is 0 Å². The smallest absolute Gasteiger partial charge is 0.227 e. The summed E-state index contributed by atoms with van der Waals surface area (Å²) in [6.07, 6.45) is 7.24. The predicted molar refractivity (Wildman–Crippen MR) is 109 cm³/mol. The van der Waals surface area contributed by atoms with Crippen LogP contribution in [0.2, 0.25) is 0 Å². The van der Waals surface area contributed by atoms with Gasteiger partial charge < -0.3 is 10.2 Å². The van der Waals surface area contributed by atoms with Gasteiger partial charge in [-0.1, -0.05) is 25.5 Å². The standard InChI is InChI=1S/C21H27N3O2S/c1-2-3-5-16-7-9-18(10-8-16)24-15-17(14-20(24)25)21(26)23-11-4-6-19-22-12-13-27-19/h7-10,12-13,17H,2-6,11,14-15H2,1H3,(H,23,26)/t17-/m1/s1. The number of hydrogen-bond donors (Lipinski definition) is 1. The van der Waals surface area contributed by atoms with Crippen molar-refractivity contribution < 1.29 is 9.59 Å². The lowest BCUT2D eigenvalue weighted by molar-refractivity contribution is -0.126. The first-order valence-electron chi connectivity index (χ1n) is 9.72. The molecule has 0 aliphatic carbocycles. The Bertz CT molecular complexity index is 743. The Hall–Kier alpha value is -2.21. The number of nitrogens with zero attached hydrogens (tertiary/aromatic N) is 2. The Morgan fingerprint density at radius 3 is 2.78 bits per heavy atom. The number of nitrogens with one attached hydrogen (secondary N) is 1. The Kier molecular flexibility index (Phi) is 6.98. The molecule has 27 heavy (non-hydrogen) atoms. The molecular weight excluding hydrogens is 358 g/mol. The van der Waals surface area contributed by atoms with Crippen molar-refractivity contribution in [1.82, 2.24) is 10.3 Å². The van der Waals surface area contributed by atoms with E-state index in [1.165, 1.54) is 18.4 Å². The SMILES string of the molecule is CCCCc1ccc(N2C[C@H](C(=O)NCCCc3nccs3)CC2=O)cc1.